The zero-order valence-corrected chi connectivity index (χ0v) is 17.5. The molecule has 6 nitrogen and oxygen atoms in total. The molecule has 0 aromatic heterocycles. The molecule has 26 heavy (non-hydrogen) atoms. The van der Waals surface area contributed by atoms with Crippen molar-refractivity contribution in [3.63, 3.8) is 0 Å². The number of carbonyl (C=O) groups is 3. The fourth-order valence-corrected chi connectivity index (χ4v) is 2.64. The van der Waals surface area contributed by atoms with Crippen molar-refractivity contribution >= 4 is 46.2 Å². The molecule has 0 heterocycles. The SMILES string of the molecule is C=CCN(C(=O)/C=C/C(=O)N(C)c1ccccc1I)C(=O)OC(C)(C)C. The first-order valence-corrected chi connectivity index (χ1v) is 9.00. The van der Waals surface area contributed by atoms with Gasteiger partial charge in [0.05, 0.1) is 12.2 Å². The third kappa shape index (κ3) is 6.62. The number of nitrogens with zero attached hydrogens (tertiary/aromatic N) is 2. The number of anilines is 1. The number of para-hydroxylation sites is 1. The van der Waals surface area contributed by atoms with Crippen LogP contribution in [0, 0.1) is 3.57 Å². The minimum absolute atomic E-state index is 0.0152. The summed E-state index contributed by atoms with van der Waals surface area (Å²) in [6.07, 6.45) is 2.81. The molecule has 140 valence electrons. The first-order chi connectivity index (χ1) is 12.1. The Morgan fingerprint density at radius 1 is 1.15 bits per heavy atom. The molecule has 0 aliphatic carbocycles. The quantitative estimate of drug-likeness (QED) is 0.374. The van der Waals surface area contributed by atoms with E-state index in [4.69, 9.17) is 4.74 Å². The standard InChI is InChI=1S/C19H23IN2O4/c1-6-13-22(18(25)26-19(2,3)4)17(24)12-11-16(23)21(5)15-10-8-7-9-14(15)20/h6-12H,1,13H2,2-5H3/b12-11+. The molecule has 0 radical (unpaired) electrons. The summed E-state index contributed by atoms with van der Waals surface area (Å²) in [6, 6.07) is 7.38. The van der Waals surface area contributed by atoms with Crippen LogP contribution in [0.15, 0.2) is 49.1 Å². The van der Waals surface area contributed by atoms with E-state index in [0.29, 0.717) is 0 Å². The Hall–Kier alpha value is -2.16. The molecule has 0 aliphatic rings. The smallest absolute Gasteiger partial charge is 0.417 e. The third-order valence-corrected chi connectivity index (χ3v) is 4.02. The van der Waals surface area contributed by atoms with Crippen LogP contribution >= 0.6 is 22.6 Å². The number of hydrogen-bond donors (Lipinski definition) is 0. The molecule has 0 N–H and O–H groups in total. The lowest BCUT2D eigenvalue weighted by molar-refractivity contribution is -0.125. The summed E-state index contributed by atoms with van der Waals surface area (Å²) in [5, 5.41) is 0. The predicted molar refractivity (Wildman–Crippen MR) is 110 cm³/mol. The van der Waals surface area contributed by atoms with Crippen LogP contribution in [0.25, 0.3) is 0 Å². The molecular formula is C19H23IN2O4. The zero-order chi connectivity index (χ0) is 19.9. The van der Waals surface area contributed by atoms with Crippen LogP contribution < -0.4 is 4.90 Å². The van der Waals surface area contributed by atoms with Crippen molar-refractivity contribution in [2.45, 2.75) is 26.4 Å². The molecule has 0 spiro atoms. The molecule has 1 aromatic carbocycles. The van der Waals surface area contributed by atoms with Gasteiger partial charge in [-0.1, -0.05) is 18.2 Å². The summed E-state index contributed by atoms with van der Waals surface area (Å²) >= 11 is 2.13. The van der Waals surface area contributed by atoms with Gasteiger partial charge >= 0.3 is 6.09 Å². The van der Waals surface area contributed by atoms with Gasteiger partial charge in [-0.25, -0.2) is 9.69 Å². The van der Waals surface area contributed by atoms with Crippen molar-refractivity contribution in [1.29, 1.82) is 0 Å². The Morgan fingerprint density at radius 3 is 2.27 bits per heavy atom. The average Bonchev–Trinajstić information content (AvgIpc) is 2.55. The van der Waals surface area contributed by atoms with Crippen LogP contribution in [0.2, 0.25) is 0 Å². The van der Waals surface area contributed by atoms with Crippen LogP contribution in [0.5, 0.6) is 0 Å². The lowest BCUT2D eigenvalue weighted by atomic mass is 10.2. The minimum Gasteiger partial charge on any atom is -0.443 e. The topological polar surface area (TPSA) is 66.9 Å². The van der Waals surface area contributed by atoms with Gasteiger partial charge in [-0.3, -0.25) is 9.59 Å². The van der Waals surface area contributed by atoms with Crippen molar-refractivity contribution in [2.24, 2.45) is 0 Å². The number of benzene rings is 1. The lowest BCUT2D eigenvalue weighted by Gasteiger charge is -2.24. The zero-order valence-electron chi connectivity index (χ0n) is 15.4. The molecule has 1 aromatic rings. The van der Waals surface area contributed by atoms with Crippen LogP contribution in [-0.4, -0.2) is 42.0 Å². The molecule has 0 bridgehead atoms. The van der Waals surface area contributed by atoms with Gasteiger partial charge in [0, 0.05) is 22.8 Å². The van der Waals surface area contributed by atoms with Gasteiger partial charge in [0.1, 0.15) is 5.60 Å². The molecule has 0 saturated carbocycles. The van der Waals surface area contributed by atoms with Gasteiger partial charge in [0.2, 0.25) is 0 Å². The van der Waals surface area contributed by atoms with E-state index in [2.05, 4.69) is 29.2 Å². The van der Waals surface area contributed by atoms with E-state index in [0.717, 1.165) is 26.3 Å². The summed E-state index contributed by atoms with van der Waals surface area (Å²) in [5.41, 5.74) is -0.00846. The van der Waals surface area contributed by atoms with Gasteiger partial charge in [0.15, 0.2) is 0 Å². The lowest BCUT2D eigenvalue weighted by Crippen LogP contribution is -2.40. The van der Waals surface area contributed by atoms with Gasteiger partial charge < -0.3 is 9.64 Å². The highest BCUT2D eigenvalue weighted by Gasteiger charge is 2.25. The Bertz CT molecular complexity index is 722. The van der Waals surface area contributed by atoms with Crippen molar-refractivity contribution in [2.75, 3.05) is 18.5 Å². The van der Waals surface area contributed by atoms with Gasteiger partial charge in [-0.05, 0) is 55.5 Å². The van der Waals surface area contributed by atoms with Crippen LogP contribution in [0.3, 0.4) is 0 Å². The van der Waals surface area contributed by atoms with E-state index in [1.165, 1.54) is 11.0 Å². The fraction of sp³-hybridized carbons (Fsp3) is 0.316. The van der Waals surface area contributed by atoms with E-state index in [-0.39, 0.29) is 12.5 Å². The largest absolute Gasteiger partial charge is 0.443 e. The molecule has 7 heteroatoms. The van der Waals surface area contributed by atoms with E-state index < -0.39 is 17.6 Å². The number of carbonyl (C=O) groups excluding carboxylic acids is 3. The summed E-state index contributed by atoms with van der Waals surface area (Å²) in [7, 11) is 1.62. The minimum atomic E-state index is -0.787. The number of rotatable bonds is 5. The molecule has 0 unspecified atom stereocenters. The van der Waals surface area contributed by atoms with Gasteiger partial charge in [-0.15, -0.1) is 6.58 Å². The summed E-state index contributed by atoms with van der Waals surface area (Å²) in [6.45, 7) is 8.63. The Kier molecular flexibility index (Phi) is 8.01. The fourth-order valence-electron chi connectivity index (χ4n) is 1.89. The summed E-state index contributed by atoms with van der Waals surface area (Å²) in [5.74, 6) is -1.03. The number of ether oxygens (including phenoxy) is 1. The highest BCUT2D eigenvalue weighted by atomic mass is 127. The predicted octanol–water partition coefficient (Wildman–Crippen LogP) is 3.76. The molecule has 0 saturated heterocycles. The van der Waals surface area contributed by atoms with Gasteiger partial charge in [-0.2, -0.15) is 0 Å². The maximum absolute atomic E-state index is 12.3. The third-order valence-electron chi connectivity index (χ3n) is 3.10. The van der Waals surface area contributed by atoms with Crippen molar-refractivity contribution in [3.8, 4) is 0 Å². The molecule has 0 atom stereocenters. The number of amides is 3. The van der Waals surface area contributed by atoms with Gasteiger partial charge in [0.25, 0.3) is 11.8 Å². The van der Waals surface area contributed by atoms with Crippen molar-refractivity contribution < 1.29 is 19.1 Å². The summed E-state index contributed by atoms with van der Waals surface area (Å²) < 4.78 is 6.11. The normalized spacial score (nSPS) is 11.1. The second-order valence-corrected chi connectivity index (χ2v) is 7.56. The Labute approximate surface area is 167 Å². The van der Waals surface area contributed by atoms with Crippen LogP contribution in [-0.2, 0) is 14.3 Å². The van der Waals surface area contributed by atoms with Crippen LogP contribution in [0.1, 0.15) is 20.8 Å². The number of likely N-dealkylation sites (N-methyl/N-ethyl adjacent to an activating group) is 1. The molecular weight excluding hydrogens is 447 g/mol. The molecule has 1 rings (SSSR count). The number of hydrogen-bond acceptors (Lipinski definition) is 4. The summed E-state index contributed by atoms with van der Waals surface area (Å²) in [4.78, 5) is 39.1. The molecule has 0 aliphatic heterocycles. The number of halogens is 1. The van der Waals surface area contributed by atoms with E-state index >= 15 is 0 Å². The highest BCUT2D eigenvalue weighted by Crippen LogP contribution is 2.21. The van der Waals surface area contributed by atoms with Crippen LogP contribution in [0.4, 0.5) is 10.5 Å². The number of imide groups is 1. The molecule has 3 amide bonds. The first kappa shape index (κ1) is 21.9. The van der Waals surface area contributed by atoms with Crippen molar-refractivity contribution in [1.82, 2.24) is 4.90 Å². The maximum Gasteiger partial charge on any atom is 0.417 e. The second-order valence-electron chi connectivity index (χ2n) is 6.40. The Morgan fingerprint density at radius 2 is 1.73 bits per heavy atom. The highest BCUT2D eigenvalue weighted by molar-refractivity contribution is 14.1. The van der Waals surface area contributed by atoms with E-state index in [1.807, 2.05) is 18.2 Å². The first-order valence-electron chi connectivity index (χ1n) is 7.92. The van der Waals surface area contributed by atoms with E-state index in [9.17, 15) is 14.4 Å². The average molecular weight is 470 g/mol. The van der Waals surface area contributed by atoms with E-state index in [1.54, 1.807) is 33.9 Å². The Balaban J connectivity index is 2.87. The maximum atomic E-state index is 12.3. The van der Waals surface area contributed by atoms with Crippen molar-refractivity contribution in [3.05, 3.63) is 52.6 Å². The molecule has 0 fully saturated rings. The second kappa shape index (κ2) is 9.51. The monoisotopic (exact) mass is 470 g/mol.